The van der Waals surface area contributed by atoms with E-state index < -0.39 is 23.3 Å². The molecule has 0 bridgehead atoms. The van der Waals surface area contributed by atoms with Crippen LogP contribution in [0.1, 0.15) is 75.2 Å². The fourth-order valence-electron chi connectivity index (χ4n) is 3.97. The Balaban J connectivity index is 1.64. The Morgan fingerprint density at radius 3 is 2.61 bits per heavy atom. The van der Waals surface area contributed by atoms with Gasteiger partial charge in [-0.25, -0.2) is 4.39 Å². The highest BCUT2D eigenvalue weighted by atomic mass is 19.1. The van der Waals surface area contributed by atoms with Crippen LogP contribution in [0.4, 0.5) is 4.39 Å². The maximum Gasteiger partial charge on any atom is 0.227 e. The molecule has 1 aromatic heterocycles. The van der Waals surface area contributed by atoms with Crippen LogP contribution < -0.4 is 10.6 Å². The average molecular weight is 427 g/mol. The molecule has 0 radical (unpaired) electrons. The fraction of sp³-hybridized carbons (Fsp3) is 0.500. The van der Waals surface area contributed by atoms with Crippen molar-refractivity contribution in [2.24, 2.45) is 0 Å². The van der Waals surface area contributed by atoms with Crippen LogP contribution in [-0.4, -0.2) is 22.0 Å². The van der Waals surface area contributed by atoms with Crippen LogP contribution in [-0.2, 0) is 21.5 Å². The molecule has 164 valence electrons. The fourth-order valence-corrected chi connectivity index (χ4v) is 3.97. The molecule has 1 aliphatic rings. The third-order valence-corrected chi connectivity index (χ3v) is 5.49. The number of nitrogens with zero attached hydrogens (tertiary/aromatic N) is 3. The van der Waals surface area contributed by atoms with Gasteiger partial charge in [-0.05, 0) is 18.9 Å². The molecule has 31 heavy (non-hydrogen) atoms. The van der Waals surface area contributed by atoms with Gasteiger partial charge in [-0.15, -0.1) is 0 Å². The summed E-state index contributed by atoms with van der Waals surface area (Å²) in [5.74, 6) is -0.425. The summed E-state index contributed by atoms with van der Waals surface area (Å²) in [5.41, 5.74) is -0.535. The lowest BCUT2D eigenvalue weighted by molar-refractivity contribution is -0.122. The van der Waals surface area contributed by atoms with Crippen molar-refractivity contribution in [1.29, 1.82) is 5.26 Å². The van der Waals surface area contributed by atoms with Gasteiger partial charge in [-0.2, -0.15) is 10.2 Å². The van der Waals surface area contributed by atoms with Crippen LogP contribution in [0, 0.1) is 17.1 Å². The Morgan fingerprint density at radius 1 is 1.26 bits per heavy atom. The van der Waals surface area contributed by atoms with Gasteiger partial charge in [0.2, 0.25) is 17.7 Å². The number of rotatable bonds is 7. The monoisotopic (exact) mass is 427 g/mol. The first kappa shape index (κ1) is 22.4. The molecule has 1 aliphatic carbocycles. The van der Waals surface area contributed by atoms with Gasteiger partial charge >= 0.3 is 0 Å². The maximum absolute atomic E-state index is 13.9. The van der Waals surface area contributed by atoms with Gasteiger partial charge < -0.3 is 15.2 Å². The molecule has 1 saturated carbocycles. The van der Waals surface area contributed by atoms with Crippen molar-refractivity contribution >= 4 is 11.8 Å². The third-order valence-electron chi connectivity index (χ3n) is 5.49. The summed E-state index contributed by atoms with van der Waals surface area (Å²) in [6, 6.07) is 6.64. The molecule has 1 fully saturated rings. The number of carbonyl (C=O) groups is 2. The second-order valence-electron chi connectivity index (χ2n) is 7.84. The molecule has 0 aliphatic heterocycles. The summed E-state index contributed by atoms with van der Waals surface area (Å²) in [7, 11) is 0. The zero-order valence-electron chi connectivity index (χ0n) is 17.5. The molecule has 1 heterocycles. The van der Waals surface area contributed by atoms with Gasteiger partial charge in [0.15, 0.2) is 5.82 Å². The topological polar surface area (TPSA) is 121 Å². The van der Waals surface area contributed by atoms with Gasteiger partial charge in [-0.1, -0.05) is 49.0 Å². The summed E-state index contributed by atoms with van der Waals surface area (Å²) in [6.45, 7) is 1.47. The number of aromatic nitrogens is 2. The summed E-state index contributed by atoms with van der Waals surface area (Å²) in [4.78, 5) is 28.5. The summed E-state index contributed by atoms with van der Waals surface area (Å²) in [5, 5.41) is 18.9. The van der Waals surface area contributed by atoms with E-state index in [2.05, 4.69) is 20.8 Å². The van der Waals surface area contributed by atoms with Crippen molar-refractivity contribution in [1.82, 2.24) is 20.8 Å². The van der Waals surface area contributed by atoms with E-state index in [0.717, 1.165) is 38.5 Å². The van der Waals surface area contributed by atoms with E-state index in [0.29, 0.717) is 5.82 Å². The first-order chi connectivity index (χ1) is 14.9. The minimum Gasteiger partial charge on any atom is -0.343 e. The number of amides is 2. The highest BCUT2D eigenvalue weighted by Crippen LogP contribution is 2.34. The van der Waals surface area contributed by atoms with Gasteiger partial charge in [0.1, 0.15) is 17.4 Å². The largest absolute Gasteiger partial charge is 0.343 e. The van der Waals surface area contributed by atoms with E-state index in [9.17, 15) is 19.2 Å². The van der Waals surface area contributed by atoms with Crippen molar-refractivity contribution in [3.05, 3.63) is 47.4 Å². The lowest BCUT2D eigenvalue weighted by Crippen LogP contribution is -2.45. The first-order valence-electron chi connectivity index (χ1n) is 10.5. The molecule has 2 amide bonds. The standard InChI is InChI=1S/C22H26FN5O3/c1-15(29)27-22(12-6-2-3-7-13-22)21-26-20(31-28-21)11-10-19(30)25-18(14-24)16-8-4-5-9-17(16)23/h4-5,8-9,18H,2-3,6-7,10-13H2,1H3,(H,25,30)(H,27,29). The zero-order chi connectivity index (χ0) is 22.3. The molecule has 2 aromatic rings. The third kappa shape index (κ3) is 5.66. The van der Waals surface area contributed by atoms with E-state index in [1.54, 1.807) is 6.07 Å². The van der Waals surface area contributed by atoms with Gasteiger partial charge in [0.25, 0.3) is 0 Å². The normalized spacial score (nSPS) is 16.5. The van der Waals surface area contributed by atoms with E-state index in [1.807, 2.05) is 6.07 Å². The van der Waals surface area contributed by atoms with Gasteiger partial charge in [0, 0.05) is 25.3 Å². The van der Waals surface area contributed by atoms with E-state index in [-0.39, 0.29) is 30.2 Å². The molecule has 1 aromatic carbocycles. The Labute approximate surface area is 180 Å². The van der Waals surface area contributed by atoms with Crippen LogP contribution in [0.3, 0.4) is 0 Å². The first-order valence-corrected chi connectivity index (χ1v) is 10.5. The number of benzene rings is 1. The van der Waals surface area contributed by atoms with Crippen molar-refractivity contribution in [3.63, 3.8) is 0 Å². The molecule has 1 atom stereocenters. The molecule has 1 unspecified atom stereocenters. The van der Waals surface area contributed by atoms with Crippen molar-refractivity contribution in [3.8, 4) is 6.07 Å². The molecule has 8 nitrogen and oxygen atoms in total. The van der Waals surface area contributed by atoms with E-state index in [4.69, 9.17) is 4.52 Å². The SMILES string of the molecule is CC(=O)NC1(c2noc(CCC(=O)NC(C#N)c3ccccc3F)n2)CCCCCC1. The number of nitrogens with one attached hydrogen (secondary N) is 2. The molecule has 2 N–H and O–H groups in total. The minimum atomic E-state index is -1.08. The van der Waals surface area contributed by atoms with Crippen LogP contribution in [0.25, 0.3) is 0 Å². The Bertz CT molecular complexity index is 960. The number of aryl methyl sites for hydroxylation is 1. The highest BCUT2D eigenvalue weighted by Gasteiger charge is 2.38. The molecular weight excluding hydrogens is 401 g/mol. The number of hydrogen-bond acceptors (Lipinski definition) is 6. The Hall–Kier alpha value is -3.28. The highest BCUT2D eigenvalue weighted by molar-refractivity contribution is 5.77. The van der Waals surface area contributed by atoms with E-state index in [1.165, 1.54) is 25.1 Å². The quantitative estimate of drug-likeness (QED) is 0.655. The molecule has 9 heteroatoms. The lowest BCUT2D eigenvalue weighted by atomic mass is 9.89. The predicted molar refractivity (Wildman–Crippen MR) is 109 cm³/mol. The predicted octanol–water partition coefficient (Wildman–Crippen LogP) is 3.21. The number of hydrogen-bond donors (Lipinski definition) is 2. The van der Waals surface area contributed by atoms with Crippen LogP contribution in [0.5, 0.6) is 0 Å². The zero-order valence-corrected chi connectivity index (χ0v) is 17.5. The van der Waals surface area contributed by atoms with Crippen molar-refractivity contribution in [2.45, 2.75) is 69.9 Å². The Morgan fingerprint density at radius 2 is 1.97 bits per heavy atom. The molecular formula is C22H26FN5O3. The Kier molecular flexibility index (Phi) is 7.34. The van der Waals surface area contributed by atoms with Crippen LogP contribution in [0.2, 0.25) is 0 Å². The molecule has 0 spiro atoms. The van der Waals surface area contributed by atoms with E-state index >= 15 is 0 Å². The molecule has 3 rings (SSSR count). The summed E-state index contributed by atoms with van der Waals surface area (Å²) >= 11 is 0. The van der Waals surface area contributed by atoms with Crippen molar-refractivity contribution in [2.75, 3.05) is 0 Å². The van der Waals surface area contributed by atoms with Gasteiger partial charge in [0.05, 0.1) is 6.07 Å². The smallest absolute Gasteiger partial charge is 0.227 e. The number of halogens is 1. The summed E-state index contributed by atoms with van der Waals surface area (Å²) in [6.07, 6.45) is 5.74. The average Bonchev–Trinajstić information content (AvgIpc) is 3.11. The summed E-state index contributed by atoms with van der Waals surface area (Å²) < 4.78 is 19.2. The van der Waals surface area contributed by atoms with Crippen LogP contribution >= 0.6 is 0 Å². The van der Waals surface area contributed by atoms with Crippen LogP contribution in [0.15, 0.2) is 28.8 Å². The number of nitriles is 1. The lowest BCUT2D eigenvalue weighted by Gasteiger charge is -2.30. The van der Waals surface area contributed by atoms with Gasteiger partial charge in [-0.3, -0.25) is 9.59 Å². The second kappa shape index (κ2) is 10.2. The van der Waals surface area contributed by atoms with Crippen molar-refractivity contribution < 1.29 is 18.5 Å². The molecule has 0 saturated heterocycles. The minimum absolute atomic E-state index is 0.00139. The maximum atomic E-state index is 13.9. The second-order valence-corrected chi connectivity index (χ2v) is 7.84. The number of carbonyl (C=O) groups excluding carboxylic acids is 2.